The minimum Gasteiger partial charge on any atom is -0.493 e. The first-order valence-electron chi connectivity index (χ1n) is 7.52. The van der Waals surface area contributed by atoms with Crippen molar-refractivity contribution in [2.24, 2.45) is 0 Å². The third-order valence-corrected chi connectivity index (χ3v) is 4.31. The molecule has 5 nitrogen and oxygen atoms in total. The fourth-order valence-electron chi connectivity index (χ4n) is 2.23. The number of hydrogen-bond donors (Lipinski definition) is 1. The Labute approximate surface area is 151 Å². The molecule has 0 fully saturated rings. The summed E-state index contributed by atoms with van der Waals surface area (Å²) in [5.41, 5.74) is 1.42. The molecule has 0 aliphatic rings. The van der Waals surface area contributed by atoms with E-state index in [2.05, 4.69) is 15.0 Å². The van der Waals surface area contributed by atoms with Gasteiger partial charge < -0.3 is 9.47 Å². The SMILES string of the molecule is COc1cc(C=CC(=O)Nc2nc3ccccc3s2)ccc1OC(F)F. The zero-order valence-electron chi connectivity index (χ0n) is 13.6. The molecule has 0 bridgehead atoms. The van der Waals surface area contributed by atoms with Crippen molar-refractivity contribution < 1.29 is 23.0 Å². The van der Waals surface area contributed by atoms with Gasteiger partial charge in [-0.3, -0.25) is 10.1 Å². The normalized spacial score (nSPS) is 11.2. The smallest absolute Gasteiger partial charge is 0.387 e. The van der Waals surface area contributed by atoms with Crippen LogP contribution in [0, 0.1) is 0 Å². The number of methoxy groups -OCH3 is 1. The van der Waals surface area contributed by atoms with Crippen molar-refractivity contribution in [3.63, 3.8) is 0 Å². The first kappa shape index (κ1) is 17.8. The Hall–Kier alpha value is -3.00. The number of carbonyl (C=O) groups is 1. The molecular formula is C18H14F2N2O3S. The number of thiazole rings is 1. The van der Waals surface area contributed by atoms with Gasteiger partial charge in [0.25, 0.3) is 0 Å². The number of fused-ring (bicyclic) bond motifs is 1. The number of para-hydroxylation sites is 1. The number of nitrogens with zero attached hydrogens (tertiary/aromatic N) is 1. The summed E-state index contributed by atoms with van der Waals surface area (Å²) < 4.78 is 35.0. The molecule has 0 spiro atoms. The lowest BCUT2D eigenvalue weighted by atomic mass is 10.2. The maximum absolute atomic E-state index is 12.3. The lowest BCUT2D eigenvalue weighted by molar-refractivity contribution is -0.111. The Morgan fingerprint density at radius 2 is 2.04 bits per heavy atom. The zero-order chi connectivity index (χ0) is 18.5. The summed E-state index contributed by atoms with van der Waals surface area (Å²) in [6.45, 7) is -2.94. The third-order valence-electron chi connectivity index (χ3n) is 3.35. The van der Waals surface area contributed by atoms with Crippen LogP contribution in [0.1, 0.15) is 5.56 Å². The Morgan fingerprint density at radius 3 is 2.77 bits per heavy atom. The predicted molar refractivity (Wildman–Crippen MR) is 96.9 cm³/mol. The molecule has 0 saturated carbocycles. The number of halogens is 2. The first-order chi connectivity index (χ1) is 12.5. The van der Waals surface area contributed by atoms with Crippen LogP contribution >= 0.6 is 11.3 Å². The zero-order valence-corrected chi connectivity index (χ0v) is 14.4. The molecule has 0 aliphatic carbocycles. The van der Waals surface area contributed by atoms with Crippen molar-refractivity contribution in [2.75, 3.05) is 12.4 Å². The lowest BCUT2D eigenvalue weighted by Gasteiger charge is -2.10. The van der Waals surface area contributed by atoms with Crippen molar-refractivity contribution in [3.05, 3.63) is 54.1 Å². The number of rotatable bonds is 6. The Morgan fingerprint density at radius 1 is 1.23 bits per heavy atom. The number of benzene rings is 2. The average molecular weight is 376 g/mol. The van der Waals surface area contributed by atoms with Crippen LogP contribution in [0.4, 0.5) is 13.9 Å². The number of alkyl halides is 2. The number of aromatic nitrogens is 1. The molecule has 8 heteroatoms. The fraction of sp³-hybridized carbons (Fsp3) is 0.111. The summed E-state index contributed by atoms with van der Waals surface area (Å²) in [6, 6.07) is 12.0. The quantitative estimate of drug-likeness (QED) is 0.641. The lowest BCUT2D eigenvalue weighted by Crippen LogP contribution is -2.07. The van der Waals surface area contributed by atoms with Gasteiger partial charge in [-0.05, 0) is 35.9 Å². The van der Waals surface area contributed by atoms with Crippen molar-refractivity contribution in [3.8, 4) is 11.5 Å². The summed E-state index contributed by atoms with van der Waals surface area (Å²) >= 11 is 1.38. The minimum atomic E-state index is -2.94. The van der Waals surface area contributed by atoms with Gasteiger partial charge in [0.05, 0.1) is 17.3 Å². The monoisotopic (exact) mass is 376 g/mol. The van der Waals surface area contributed by atoms with Gasteiger partial charge in [0.15, 0.2) is 16.6 Å². The topological polar surface area (TPSA) is 60.5 Å². The summed E-state index contributed by atoms with van der Waals surface area (Å²) in [7, 11) is 1.35. The van der Waals surface area contributed by atoms with Crippen molar-refractivity contribution >= 4 is 38.7 Å². The Kier molecular flexibility index (Phi) is 5.43. The van der Waals surface area contributed by atoms with Crippen LogP contribution < -0.4 is 14.8 Å². The van der Waals surface area contributed by atoms with E-state index >= 15 is 0 Å². The second-order valence-corrected chi connectivity index (χ2v) is 6.13. The summed E-state index contributed by atoms with van der Waals surface area (Å²) in [4.78, 5) is 16.4. The van der Waals surface area contributed by atoms with Gasteiger partial charge in [0, 0.05) is 6.08 Å². The van der Waals surface area contributed by atoms with E-state index in [1.807, 2.05) is 24.3 Å². The summed E-state index contributed by atoms with van der Waals surface area (Å²) in [6.07, 6.45) is 2.87. The number of ether oxygens (including phenoxy) is 2. The highest BCUT2D eigenvalue weighted by Gasteiger charge is 2.10. The van der Waals surface area contributed by atoms with Gasteiger partial charge in [-0.2, -0.15) is 8.78 Å². The minimum absolute atomic E-state index is 0.0708. The van der Waals surface area contributed by atoms with Crippen LogP contribution in [-0.2, 0) is 4.79 Å². The van der Waals surface area contributed by atoms with E-state index in [9.17, 15) is 13.6 Å². The van der Waals surface area contributed by atoms with Gasteiger partial charge in [-0.15, -0.1) is 0 Å². The van der Waals surface area contributed by atoms with E-state index in [1.165, 1.54) is 42.7 Å². The average Bonchev–Trinajstić information content (AvgIpc) is 3.02. The molecule has 0 radical (unpaired) electrons. The standard InChI is InChI=1S/C18H14F2N2O3S/c1-24-14-10-11(6-8-13(14)25-17(19)20)7-9-16(23)22-18-21-12-4-2-3-5-15(12)26-18/h2-10,17H,1H3,(H,21,22,23). The molecule has 0 atom stereocenters. The third kappa shape index (κ3) is 4.34. The maximum atomic E-state index is 12.3. The second-order valence-electron chi connectivity index (χ2n) is 5.10. The number of nitrogens with one attached hydrogen (secondary N) is 1. The molecule has 1 aromatic heterocycles. The van der Waals surface area contributed by atoms with E-state index in [-0.39, 0.29) is 17.4 Å². The highest BCUT2D eigenvalue weighted by molar-refractivity contribution is 7.22. The van der Waals surface area contributed by atoms with Crippen LogP contribution in [0.2, 0.25) is 0 Å². The van der Waals surface area contributed by atoms with Crippen LogP contribution in [0.25, 0.3) is 16.3 Å². The highest BCUT2D eigenvalue weighted by atomic mass is 32.1. The van der Waals surface area contributed by atoms with Crippen LogP contribution in [0.15, 0.2) is 48.5 Å². The summed E-state index contributed by atoms with van der Waals surface area (Å²) in [5.74, 6) is -0.270. The second kappa shape index (κ2) is 7.92. The number of hydrogen-bond acceptors (Lipinski definition) is 5. The van der Waals surface area contributed by atoms with Gasteiger partial charge in [0.1, 0.15) is 0 Å². The van der Waals surface area contributed by atoms with E-state index in [0.29, 0.717) is 10.7 Å². The van der Waals surface area contributed by atoms with Gasteiger partial charge in [0.2, 0.25) is 5.91 Å². The van der Waals surface area contributed by atoms with Crippen LogP contribution in [0.3, 0.4) is 0 Å². The molecule has 3 rings (SSSR count). The number of carbonyl (C=O) groups excluding carboxylic acids is 1. The van der Waals surface area contributed by atoms with Crippen LogP contribution in [0.5, 0.6) is 11.5 Å². The molecule has 1 heterocycles. The maximum Gasteiger partial charge on any atom is 0.387 e. The van der Waals surface area contributed by atoms with Crippen molar-refractivity contribution in [2.45, 2.75) is 6.61 Å². The highest BCUT2D eigenvalue weighted by Crippen LogP contribution is 2.30. The Bertz CT molecular complexity index is 924. The Balaban J connectivity index is 1.69. The van der Waals surface area contributed by atoms with E-state index in [1.54, 1.807) is 6.07 Å². The number of amides is 1. The van der Waals surface area contributed by atoms with Gasteiger partial charge >= 0.3 is 6.61 Å². The molecular weight excluding hydrogens is 362 g/mol. The molecule has 1 amide bonds. The van der Waals surface area contributed by atoms with E-state index in [0.717, 1.165) is 10.2 Å². The molecule has 0 unspecified atom stereocenters. The van der Waals surface area contributed by atoms with E-state index < -0.39 is 6.61 Å². The predicted octanol–water partition coefficient (Wildman–Crippen LogP) is 4.56. The van der Waals surface area contributed by atoms with E-state index in [4.69, 9.17) is 4.74 Å². The summed E-state index contributed by atoms with van der Waals surface area (Å²) in [5, 5.41) is 3.19. The molecule has 2 aromatic carbocycles. The fourth-order valence-corrected chi connectivity index (χ4v) is 3.09. The van der Waals surface area contributed by atoms with Crippen LogP contribution in [-0.4, -0.2) is 24.6 Å². The largest absolute Gasteiger partial charge is 0.493 e. The van der Waals surface area contributed by atoms with Crippen molar-refractivity contribution in [1.82, 2.24) is 4.98 Å². The molecule has 134 valence electrons. The molecule has 26 heavy (non-hydrogen) atoms. The first-order valence-corrected chi connectivity index (χ1v) is 8.34. The molecule has 0 saturated heterocycles. The number of anilines is 1. The molecule has 3 aromatic rings. The molecule has 0 aliphatic heterocycles. The molecule has 1 N–H and O–H groups in total. The van der Waals surface area contributed by atoms with Gasteiger partial charge in [-0.1, -0.05) is 29.5 Å². The van der Waals surface area contributed by atoms with Gasteiger partial charge in [-0.25, -0.2) is 4.98 Å². The van der Waals surface area contributed by atoms with Crippen molar-refractivity contribution in [1.29, 1.82) is 0 Å².